The zero-order chi connectivity index (χ0) is 27.7. The van der Waals surface area contributed by atoms with Crippen molar-refractivity contribution in [2.24, 2.45) is 0 Å². The van der Waals surface area contributed by atoms with Crippen LogP contribution in [0.5, 0.6) is 0 Å². The van der Waals surface area contributed by atoms with E-state index in [0.717, 1.165) is 27.4 Å². The minimum Gasteiger partial charge on any atom is -0.354 e. The van der Waals surface area contributed by atoms with Gasteiger partial charge >= 0.3 is 0 Å². The summed E-state index contributed by atoms with van der Waals surface area (Å²) in [6.45, 7) is 3.99. The third kappa shape index (κ3) is 7.90. The lowest BCUT2D eigenvalue weighted by Crippen LogP contribution is -2.53. The van der Waals surface area contributed by atoms with Crippen molar-refractivity contribution in [3.63, 3.8) is 0 Å². The summed E-state index contributed by atoms with van der Waals surface area (Å²) in [6, 6.07) is 22.1. The van der Waals surface area contributed by atoms with Crippen molar-refractivity contribution in [3.05, 3.63) is 101 Å². The highest BCUT2D eigenvalue weighted by molar-refractivity contribution is 7.89. The molecule has 3 aromatic rings. The van der Waals surface area contributed by atoms with Crippen LogP contribution in [0.2, 0.25) is 5.02 Å². The van der Waals surface area contributed by atoms with Gasteiger partial charge in [-0.1, -0.05) is 78.7 Å². The summed E-state index contributed by atoms with van der Waals surface area (Å²) < 4.78 is 27.4. The molecule has 1 atom stereocenters. The van der Waals surface area contributed by atoms with Gasteiger partial charge in [0.1, 0.15) is 6.04 Å². The van der Waals surface area contributed by atoms with Crippen molar-refractivity contribution in [3.8, 4) is 0 Å². The number of likely N-dealkylation sites (N-methyl/N-ethyl adjacent to an activating group) is 1. The minimum absolute atomic E-state index is 0.101. The van der Waals surface area contributed by atoms with E-state index in [2.05, 4.69) is 5.32 Å². The maximum absolute atomic E-state index is 13.8. The van der Waals surface area contributed by atoms with Gasteiger partial charge in [0.2, 0.25) is 21.8 Å². The van der Waals surface area contributed by atoms with Crippen LogP contribution in [0.15, 0.2) is 83.8 Å². The minimum atomic E-state index is -3.91. The maximum atomic E-state index is 13.8. The molecule has 3 aromatic carbocycles. The SMILES string of the molecule is CCCNC(=O)[C@H](Cc1ccccc1)N(Cc1ccc(Cl)cc1)C(=O)CN(C)S(=O)(=O)c1ccc(C)cc1. The highest BCUT2D eigenvalue weighted by Gasteiger charge is 2.32. The summed E-state index contributed by atoms with van der Waals surface area (Å²) in [5, 5.41) is 3.46. The van der Waals surface area contributed by atoms with Crippen molar-refractivity contribution in [1.82, 2.24) is 14.5 Å². The van der Waals surface area contributed by atoms with Crippen LogP contribution in [0.4, 0.5) is 0 Å². The van der Waals surface area contributed by atoms with E-state index in [1.165, 1.54) is 24.1 Å². The molecule has 0 aliphatic heterocycles. The first-order valence-corrected chi connectivity index (χ1v) is 14.3. The molecule has 9 heteroatoms. The summed E-state index contributed by atoms with van der Waals surface area (Å²) in [6.07, 6.45) is 1.02. The first-order chi connectivity index (χ1) is 18.1. The maximum Gasteiger partial charge on any atom is 0.243 e. The molecule has 0 heterocycles. The molecule has 0 spiro atoms. The first-order valence-electron chi connectivity index (χ1n) is 12.5. The Bertz CT molecular complexity index is 1310. The lowest BCUT2D eigenvalue weighted by Gasteiger charge is -2.32. The van der Waals surface area contributed by atoms with Gasteiger partial charge in [-0.15, -0.1) is 0 Å². The van der Waals surface area contributed by atoms with Crippen LogP contribution in [0.1, 0.15) is 30.0 Å². The number of aryl methyl sites for hydroxylation is 1. The van der Waals surface area contributed by atoms with Crippen LogP contribution < -0.4 is 5.32 Å². The van der Waals surface area contributed by atoms with Crippen LogP contribution in [-0.2, 0) is 32.6 Å². The fraction of sp³-hybridized carbons (Fsp3) is 0.310. The largest absolute Gasteiger partial charge is 0.354 e. The van der Waals surface area contributed by atoms with Gasteiger partial charge in [0.15, 0.2) is 0 Å². The predicted molar refractivity (Wildman–Crippen MR) is 150 cm³/mol. The molecule has 0 saturated carbocycles. The normalized spacial score (nSPS) is 12.2. The summed E-state index contributed by atoms with van der Waals surface area (Å²) in [7, 11) is -2.54. The topological polar surface area (TPSA) is 86.8 Å². The number of halogens is 1. The van der Waals surface area contributed by atoms with Gasteiger partial charge in [0.25, 0.3) is 0 Å². The summed E-state index contributed by atoms with van der Waals surface area (Å²) in [5.41, 5.74) is 2.59. The molecular weight excluding hydrogens is 522 g/mol. The molecule has 7 nitrogen and oxygen atoms in total. The fourth-order valence-electron chi connectivity index (χ4n) is 3.96. The zero-order valence-electron chi connectivity index (χ0n) is 21.9. The van der Waals surface area contributed by atoms with E-state index in [-0.39, 0.29) is 23.8 Å². The van der Waals surface area contributed by atoms with E-state index in [0.29, 0.717) is 11.6 Å². The van der Waals surface area contributed by atoms with Crippen LogP contribution in [0, 0.1) is 6.92 Å². The van der Waals surface area contributed by atoms with Gasteiger partial charge < -0.3 is 10.2 Å². The molecule has 0 fully saturated rings. The third-order valence-corrected chi connectivity index (χ3v) is 8.24. The monoisotopic (exact) mass is 555 g/mol. The van der Waals surface area contributed by atoms with Crippen LogP contribution >= 0.6 is 11.6 Å². The van der Waals surface area contributed by atoms with Gasteiger partial charge in [-0.2, -0.15) is 4.31 Å². The highest BCUT2D eigenvalue weighted by Crippen LogP contribution is 2.19. The number of amides is 2. The molecule has 0 aromatic heterocycles. The Kier molecular flexibility index (Phi) is 10.5. The molecule has 0 bridgehead atoms. The van der Waals surface area contributed by atoms with E-state index in [1.807, 2.05) is 44.2 Å². The quantitative estimate of drug-likeness (QED) is 0.358. The Morgan fingerprint density at radius 1 is 0.921 bits per heavy atom. The number of carbonyl (C=O) groups is 2. The summed E-state index contributed by atoms with van der Waals surface area (Å²) >= 11 is 6.06. The number of nitrogens with one attached hydrogen (secondary N) is 1. The van der Waals surface area contributed by atoms with E-state index >= 15 is 0 Å². The first kappa shape index (κ1) is 29.4. The van der Waals surface area contributed by atoms with Gasteiger partial charge in [0.05, 0.1) is 11.4 Å². The van der Waals surface area contributed by atoms with Crippen LogP contribution in [0.3, 0.4) is 0 Å². The summed E-state index contributed by atoms with van der Waals surface area (Å²) in [5.74, 6) is -0.771. The average molecular weight is 556 g/mol. The van der Waals surface area contributed by atoms with Gasteiger partial charge in [0, 0.05) is 31.6 Å². The molecule has 0 saturated heterocycles. The predicted octanol–water partition coefficient (Wildman–Crippen LogP) is 4.44. The number of nitrogens with zero attached hydrogens (tertiary/aromatic N) is 2. The summed E-state index contributed by atoms with van der Waals surface area (Å²) in [4.78, 5) is 28.7. The number of hydrogen-bond donors (Lipinski definition) is 1. The van der Waals surface area contributed by atoms with Crippen molar-refractivity contribution < 1.29 is 18.0 Å². The van der Waals surface area contributed by atoms with Gasteiger partial charge in [-0.05, 0) is 48.7 Å². The zero-order valence-corrected chi connectivity index (χ0v) is 23.5. The number of rotatable bonds is 12. The molecule has 0 unspecified atom stereocenters. The second-order valence-corrected chi connectivity index (χ2v) is 11.7. The van der Waals surface area contributed by atoms with Crippen LogP contribution in [0.25, 0.3) is 0 Å². The smallest absolute Gasteiger partial charge is 0.243 e. The molecule has 2 amide bonds. The van der Waals surface area contributed by atoms with E-state index in [9.17, 15) is 18.0 Å². The average Bonchev–Trinajstić information content (AvgIpc) is 2.91. The van der Waals surface area contributed by atoms with Crippen LogP contribution in [-0.4, -0.2) is 55.6 Å². The molecule has 202 valence electrons. The Morgan fingerprint density at radius 3 is 2.16 bits per heavy atom. The molecule has 3 rings (SSSR count). The standard InChI is InChI=1S/C29H34ClN3O4S/c1-4-18-31-29(35)27(19-23-8-6-5-7-9-23)33(20-24-12-14-25(30)15-13-24)28(34)21-32(3)38(36,37)26-16-10-22(2)11-17-26/h5-17,27H,4,18-21H2,1-3H3,(H,31,35)/t27-/m0/s1. The van der Waals surface area contributed by atoms with Crippen molar-refractivity contribution in [2.45, 2.75) is 44.2 Å². The fourth-order valence-corrected chi connectivity index (χ4v) is 5.21. The Balaban J connectivity index is 1.95. The van der Waals surface area contributed by atoms with Crippen molar-refractivity contribution in [1.29, 1.82) is 0 Å². The van der Waals surface area contributed by atoms with Crippen molar-refractivity contribution in [2.75, 3.05) is 20.1 Å². The molecule has 1 N–H and O–H groups in total. The highest BCUT2D eigenvalue weighted by atomic mass is 35.5. The number of benzene rings is 3. The number of carbonyl (C=O) groups excluding carboxylic acids is 2. The molecule has 0 aliphatic carbocycles. The molecule has 0 radical (unpaired) electrons. The Hall–Kier alpha value is -3.20. The Labute approximate surface area is 230 Å². The van der Waals surface area contributed by atoms with Gasteiger partial charge in [-0.25, -0.2) is 8.42 Å². The lowest BCUT2D eigenvalue weighted by atomic mass is 10.0. The lowest BCUT2D eigenvalue weighted by molar-refractivity contribution is -0.141. The van der Waals surface area contributed by atoms with E-state index < -0.39 is 28.5 Å². The number of hydrogen-bond acceptors (Lipinski definition) is 4. The number of sulfonamides is 1. The van der Waals surface area contributed by atoms with E-state index in [4.69, 9.17) is 11.6 Å². The third-order valence-electron chi connectivity index (χ3n) is 6.17. The molecule has 0 aliphatic rings. The van der Waals surface area contributed by atoms with Crippen molar-refractivity contribution >= 4 is 33.4 Å². The molecule has 38 heavy (non-hydrogen) atoms. The second-order valence-electron chi connectivity index (χ2n) is 9.22. The Morgan fingerprint density at radius 2 is 1.55 bits per heavy atom. The van der Waals surface area contributed by atoms with E-state index in [1.54, 1.807) is 36.4 Å². The van der Waals surface area contributed by atoms with Gasteiger partial charge in [-0.3, -0.25) is 9.59 Å². The second kappa shape index (κ2) is 13.6. The molecular formula is C29H34ClN3O4S.